The largest absolute Gasteiger partial charge is 0.399 e. The number of hydrogen-bond acceptors (Lipinski definition) is 5. The number of nitrogen functional groups attached to an aromatic ring is 1. The highest BCUT2D eigenvalue weighted by molar-refractivity contribution is 7.89. The highest BCUT2D eigenvalue weighted by Gasteiger charge is 2.27. The van der Waals surface area contributed by atoms with Crippen molar-refractivity contribution in [1.29, 1.82) is 0 Å². The van der Waals surface area contributed by atoms with Gasteiger partial charge >= 0.3 is 0 Å². The van der Waals surface area contributed by atoms with E-state index in [1.54, 1.807) is 12.1 Å². The first-order valence-electron chi connectivity index (χ1n) is 6.70. The maximum absolute atomic E-state index is 12.2. The fraction of sp³-hybridized carbons (Fsp3) is 0.538. The van der Waals surface area contributed by atoms with Crippen molar-refractivity contribution in [3.63, 3.8) is 0 Å². The second kappa shape index (κ2) is 5.99. The molecular formula is C13H21N3O3S. The van der Waals surface area contributed by atoms with Gasteiger partial charge in [0.25, 0.3) is 0 Å². The van der Waals surface area contributed by atoms with Gasteiger partial charge in [-0.15, -0.1) is 0 Å². The van der Waals surface area contributed by atoms with Gasteiger partial charge in [0.1, 0.15) is 4.90 Å². The number of rotatable bonds is 4. The van der Waals surface area contributed by atoms with Crippen LogP contribution in [-0.4, -0.2) is 39.8 Å². The molecule has 1 aliphatic rings. The number of sulfonamides is 1. The minimum absolute atomic E-state index is 0.0173. The van der Waals surface area contributed by atoms with E-state index >= 15 is 0 Å². The Morgan fingerprint density at radius 2 is 2.20 bits per heavy atom. The Hall–Kier alpha value is -1.31. The third-order valence-corrected chi connectivity index (χ3v) is 5.13. The quantitative estimate of drug-likeness (QED) is 0.705. The van der Waals surface area contributed by atoms with Gasteiger partial charge in [0.2, 0.25) is 10.0 Å². The van der Waals surface area contributed by atoms with Crippen molar-refractivity contribution in [2.75, 3.05) is 30.8 Å². The van der Waals surface area contributed by atoms with Crippen LogP contribution in [0.3, 0.4) is 0 Å². The number of anilines is 2. The molecule has 1 saturated heterocycles. The zero-order chi connectivity index (χ0) is 14.8. The van der Waals surface area contributed by atoms with E-state index in [2.05, 4.69) is 4.72 Å². The first-order chi connectivity index (χ1) is 9.49. The molecule has 20 heavy (non-hydrogen) atoms. The Bertz CT molecular complexity index is 574. The Morgan fingerprint density at radius 1 is 1.45 bits per heavy atom. The van der Waals surface area contributed by atoms with Gasteiger partial charge in [-0.1, -0.05) is 0 Å². The summed E-state index contributed by atoms with van der Waals surface area (Å²) in [5.41, 5.74) is 6.72. The van der Waals surface area contributed by atoms with Gasteiger partial charge in [-0.25, -0.2) is 13.1 Å². The lowest BCUT2D eigenvalue weighted by Gasteiger charge is -2.37. The Morgan fingerprint density at radius 3 is 2.85 bits per heavy atom. The van der Waals surface area contributed by atoms with Gasteiger partial charge in [-0.2, -0.15) is 0 Å². The average molecular weight is 299 g/mol. The molecule has 1 aromatic rings. The molecule has 1 atom stereocenters. The fourth-order valence-corrected chi connectivity index (χ4v) is 3.57. The summed E-state index contributed by atoms with van der Waals surface area (Å²) >= 11 is 0. The van der Waals surface area contributed by atoms with Gasteiger partial charge in [-0.05, 0) is 44.5 Å². The van der Waals surface area contributed by atoms with E-state index < -0.39 is 10.0 Å². The molecular weight excluding hydrogens is 278 g/mol. The predicted molar refractivity (Wildman–Crippen MR) is 79.2 cm³/mol. The zero-order valence-electron chi connectivity index (χ0n) is 11.5. The standard InChI is InChI=1S/C13H21N3O3S/c1-15-20(18,19)13-8-10(14)5-6-12(13)16-7-3-2-4-11(16)9-17/h5-6,8,11,15,17H,2-4,7,9,14H2,1H3. The molecule has 7 heteroatoms. The molecule has 0 amide bonds. The Labute approximate surface area is 119 Å². The molecule has 0 aliphatic carbocycles. The first kappa shape index (κ1) is 15.1. The summed E-state index contributed by atoms with van der Waals surface area (Å²) in [6, 6.07) is 4.82. The number of hydrogen-bond donors (Lipinski definition) is 3. The van der Waals surface area contributed by atoms with Crippen LogP contribution in [0.4, 0.5) is 11.4 Å². The molecule has 1 heterocycles. The lowest BCUT2D eigenvalue weighted by Crippen LogP contribution is -2.42. The van der Waals surface area contributed by atoms with Crippen molar-refractivity contribution in [3.8, 4) is 0 Å². The van der Waals surface area contributed by atoms with Gasteiger partial charge in [-0.3, -0.25) is 0 Å². The van der Waals surface area contributed by atoms with Gasteiger partial charge in [0.15, 0.2) is 0 Å². The summed E-state index contributed by atoms with van der Waals surface area (Å²) in [5, 5.41) is 9.50. The van der Waals surface area contributed by atoms with E-state index in [1.165, 1.54) is 13.1 Å². The van der Waals surface area contributed by atoms with E-state index in [4.69, 9.17) is 5.73 Å². The van der Waals surface area contributed by atoms with E-state index in [1.807, 2.05) is 4.90 Å². The van der Waals surface area contributed by atoms with Crippen LogP contribution in [0.25, 0.3) is 0 Å². The Kier molecular flexibility index (Phi) is 4.52. The molecule has 2 rings (SSSR count). The number of nitrogens with two attached hydrogens (primary N) is 1. The molecule has 112 valence electrons. The number of benzene rings is 1. The zero-order valence-corrected chi connectivity index (χ0v) is 12.4. The second-order valence-electron chi connectivity index (χ2n) is 4.96. The predicted octanol–water partition coefficient (Wildman–Crippen LogP) is 0.528. The Balaban J connectivity index is 2.50. The number of piperidine rings is 1. The van der Waals surface area contributed by atoms with Crippen molar-refractivity contribution in [1.82, 2.24) is 4.72 Å². The van der Waals surface area contributed by atoms with Crippen LogP contribution in [0.2, 0.25) is 0 Å². The van der Waals surface area contributed by atoms with Crippen LogP contribution in [0.1, 0.15) is 19.3 Å². The first-order valence-corrected chi connectivity index (χ1v) is 8.18. The summed E-state index contributed by atoms with van der Waals surface area (Å²) in [4.78, 5) is 2.13. The minimum atomic E-state index is -3.59. The fourth-order valence-electron chi connectivity index (χ4n) is 2.60. The van der Waals surface area contributed by atoms with Crippen molar-refractivity contribution in [2.24, 2.45) is 0 Å². The molecule has 1 unspecified atom stereocenters. The van der Waals surface area contributed by atoms with E-state index in [9.17, 15) is 13.5 Å². The van der Waals surface area contributed by atoms with Crippen LogP contribution in [-0.2, 0) is 10.0 Å². The van der Waals surface area contributed by atoms with E-state index in [0.29, 0.717) is 11.4 Å². The smallest absolute Gasteiger partial charge is 0.242 e. The van der Waals surface area contributed by atoms with Crippen LogP contribution in [0.5, 0.6) is 0 Å². The monoisotopic (exact) mass is 299 g/mol. The van der Waals surface area contributed by atoms with Crippen molar-refractivity contribution < 1.29 is 13.5 Å². The molecule has 0 bridgehead atoms. The summed E-state index contributed by atoms with van der Waals surface area (Å²) in [5.74, 6) is 0. The van der Waals surface area contributed by atoms with Gasteiger partial charge in [0.05, 0.1) is 18.3 Å². The topological polar surface area (TPSA) is 95.7 Å². The SMILES string of the molecule is CNS(=O)(=O)c1cc(N)ccc1N1CCCCC1CO. The average Bonchev–Trinajstić information content (AvgIpc) is 2.47. The molecule has 1 aromatic carbocycles. The van der Waals surface area contributed by atoms with Crippen molar-refractivity contribution >= 4 is 21.4 Å². The van der Waals surface area contributed by atoms with Crippen molar-refractivity contribution in [3.05, 3.63) is 18.2 Å². The molecule has 0 aromatic heterocycles. The third kappa shape index (κ3) is 2.89. The molecule has 1 aliphatic heterocycles. The molecule has 6 nitrogen and oxygen atoms in total. The van der Waals surface area contributed by atoms with Gasteiger partial charge in [0, 0.05) is 12.2 Å². The summed E-state index contributed by atoms with van der Waals surface area (Å²) in [6.07, 6.45) is 2.89. The lowest BCUT2D eigenvalue weighted by molar-refractivity contribution is 0.239. The van der Waals surface area contributed by atoms with Crippen LogP contribution < -0.4 is 15.4 Å². The minimum Gasteiger partial charge on any atom is -0.399 e. The maximum atomic E-state index is 12.2. The van der Waals surface area contributed by atoms with E-state index in [0.717, 1.165) is 25.8 Å². The third-order valence-electron chi connectivity index (χ3n) is 3.69. The lowest BCUT2D eigenvalue weighted by atomic mass is 10.0. The van der Waals surface area contributed by atoms with Crippen molar-refractivity contribution in [2.45, 2.75) is 30.2 Å². The molecule has 0 spiro atoms. The highest BCUT2D eigenvalue weighted by Crippen LogP contribution is 2.32. The molecule has 0 radical (unpaired) electrons. The molecule has 4 N–H and O–H groups in total. The molecule has 0 saturated carbocycles. The van der Waals surface area contributed by atoms with E-state index in [-0.39, 0.29) is 17.5 Å². The van der Waals surface area contributed by atoms with Gasteiger partial charge < -0.3 is 15.7 Å². The number of aliphatic hydroxyl groups is 1. The van der Waals surface area contributed by atoms with Crippen LogP contribution in [0.15, 0.2) is 23.1 Å². The maximum Gasteiger partial charge on any atom is 0.242 e. The summed E-state index contributed by atoms with van der Waals surface area (Å²) in [7, 11) is -2.21. The summed E-state index contributed by atoms with van der Waals surface area (Å²) < 4.78 is 26.6. The summed E-state index contributed by atoms with van der Waals surface area (Å²) in [6.45, 7) is 0.755. The number of aliphatic hydroxyl groups excluding tert-OH is 1. The van der Waals surface area contributed by atoms with Crippen LogP contribution in [0, 0.1) is 0 Å². The normalized spacial score (nSPS) is 20.1. The second-order valence-corrected chi connectivity index (χ2v) is 6.82. The highest BCUT2D eigenvalue weighted by atomic mass is 32.2. The molecule has 1 fully saturated rings. The number of nitrogens with zero attached hydrogens (tertiary/aromatic N) is 1. The van der Waals surface area contributed by atoms with Crippen LogP contribution >= 0.6 is 0 Å². The number of nitrogens with one attached hydrogen (secondary N) is 1.